The van der Waals surface area contributed by atoms with Gasteiger partial charge in [0.1, 0.15) is 0 Å². The van der Waals surface area contributed by atoms with E-state index in [2.05, 4.69) is 5.32 Å². The first-order valence-electron chi connectivity index (χ1n) is 7.37. The Morgan fingerprint density at radius 1 is 1.29 bits per heavy atom. The van der Waals surface area contributed by atoms with Gasteiger partial charge in [-0.2, -0.15) is 0 Å². The first kappa shape index (κ1) is 13.9. The molecule has 2 aromatic carbocycles. The summed E-state index contributed by atoms with van der Waals surface area (Å²) in [5.74, 6) is 0.184. The molecule has 1 aliphatic rings. The molecule has 4 heteroatoms. The maximum atomic E-state index is 12.4. The summed E-state index contributed by atoms with van der Waals surface area (Å²) in [7, 11) is 0. The van der Waals surface area contributed by atoms with Crippen molar-refractivity contribution in [3.63, 3.8) is 0 Å². The van der Waals surface area contributed by atoms with Crippen LogP contribution in [0.4, 0.5) is 10.5 Å². The molecule has 110 valence electrons. The second-order valence-electron chi connectivity index (χ2n) is 5.69. The number of anilines is 1. The van der Waals surface area contributed by atoms with Gasteiger partial charge in [-0.3, -0.25) is 0 Å². The molecule has 2 atom stereocenters. The molecule has 21 heavy (non-hydrogen) atoms. The Morgan fingerprint density at radius 3 is 2.81 bits per heavy atom. The molecule has 0 saturated carbocycles. The zero-order chi connectivity index (χ0) is 14.8. The van der Waals surface area contributed by atoms with Gasteiger partial charge in [0.05, 0.1) is 11.8 Å². The van der Waals surface area contributed by atoms with Gasteiger partial charge in [0.2, 0.25) is 0 Å². The maximum Gasteiger partial charge on any atom is 0.321 e. The highest BCUT2D eigenvalue weighted by atomic mass is 16.3. The molecular weight excluding hydrogens is 264 g/mol. The van der Waals surface area contributed by atoms with Gasteiger partial charge >= 0.3 is 6.03 Å². The number of amides is 2. The van der Waals surface area contributed by atoms with Crippen molar-refractivity contribution in [1.82, 2.24) is 4.90 Å². The van der Waals surface area contributed by atoms with Gasteiger partial charge in [-0.05, 0) is 24.8 Å². The standard InChI is InChI=1S/C17H20N2O2/c1-12(20)14-9-10-19(11-14)17(21)18-16-8-4-6-13-5-2-3-7-15(13)16/h2-8,12,14,20H,9-11H2,1H3,(H,18,21). The Labute approximate surface area is 124 Å². The molecule has 2 amide bonds. The van der Waals surface area contributed by atoms with Crippen molar-refractivity contribution in [2.45, 2.75) is 19.4 Å². The predicted octanol–water partition coefficient (Wildman–Crippen LogP) is 3.07. The van der Waals surface area contributed by atoms with E-state index in [1.165, 1.54) is 0 Å². The molecule has 1 aliphatic heterocycles. The van der Waals surface area contributed by atoms with Gasteiger partial charge in [0, 0.05) is 24.4 Å². The average Bonchev–Trinajstić information content (AvgIpc) is 2.98. The van der Waals surface area contributed by atoms with Crippen LogP contribution >= 0.6 is 0 Å². The summed E-state index contributed by atoms with van der Waals surface area (Å²) in [6.45, 7) is 3.11. The zero-order valence-corrected chi connectivity index (χ0v) is 12.1. The number of carbonyl (C=O) groups is 1. The van der Waals surface area contributed by atoms with Crippen LogP contribution in [-0.4, -0.2) is 35.2 Å². The first-order valence-corrected chi connectivity index (χ1v) is 7.37. The number of urea groups is 1. The minimum absolute atomic E-state index is 0.0884. The second kappa shape index (κ2) is 5.74. The molecule has 0 bridgehead atoms. The van der Waals surface area contributed by atoms with E-state index in [0.29, 0.717) is 13.1 Å². The van der Waals surface area contributed by atoms with Crippen LogP contribution in [0.1, 0.15) is 13.3 Å². The highest BCUT2D eigenvalue weighted by Crippen LogP contribution is 2.25. The van der Waals surface area contributed by atoms with Crippen LogP contribution in [0.25, 0.3) is 10.8 Å². The lowest BCUT2D eigenvalue weighted by Gasteiger charge is -2.19. The van der Waals surface area contributed by atoms with Gasteiger partial charge in [0.25, 0.3) is 0 Å². The molecular formula is C17H20N2O2. The van der Waals surface area contributed by atoms with E-state index >= 15 is 0 Å². The average molecular weight is 284 g/mol. The monoisotopic (exact) mass is 284 g/mol. The number of carbonyl (C=O) groups excluding carboxylic acids is 1. The van der Waals surface area contributed by atoms with E-state index in [1.807, 2.05) is 42.5 Å². The highest BCUT2D eigenvalue weighted by Gasteiger charge is 2.29. The lowest BCUT2D eigenvalue weighted by atomic mass is 10.0. The summed E-state index contributed by atoms with van der Waals surface area (Å²) in [4.78, 5) is 14.1. The van der Waals surface area contributed by atoms with E-state index in [4.69, 9.17) is 0 Å². The number of nitrogens with one attached hydrogen (secondary N) is 1. The molecule has 2 aromatic rings. The van der Waals surface area contributed by atoms with Crippen molar-refractivity contribution in [1.29, 1.82) is 0 Å². The topological polar surface area (TPSA) is 52.6 Å². The van der Waals surface area contributed by atoms with Crippen LogP contribution in [0.5, 0.6) is 0 Å². The number of hydrogen-bond acceptors (Lipinski definition) is 2. The summed E-state index contributed by atoms with van der Waals surface area (Å²) in [5, 5.41) is 14.8. The Kier molecular flexibility index (Phi) is 3.80. The van der Waals surface area contributed by atoms with Gasteiger partial charge in [-0.25, -0.2) is 4.79 Å². The van der Waals surface area contributed by atoms with Gasteiger partial charge in [0.15, 0.2) is 0 Å². The Morgan fingerprint density at radius 2 is 2.05 bits per heavy atom. The molecule has 0 spiro atoms. The molecule has 4 nitrogen and oxygen atoms in total. The van der Waals surface area contributed by atoms with E-state index in [0.717, 1.165) is 22.9 Å². The van der Waals surface area contributed by atoms with Crippen LogP contribution in [0.15, 0.2) is 42.5 Å². The number of hydrogen-bond donors (Lipinski definition) is 2. The van der Waals surface area contributed by atoms with E-state index in [1.54, 1.807) is 11.8 Å². The largest absolute Gasteiger partial charge is 0.393 e. The normalized spacial score (nSPS) is 19.7. The summed E-state index contributed by atoms with van der Waals surface area (Å²) in [5.41, 5.74) is 0.832. The molecule has 2 N–H and O–H groups in total. The predicted molar refractivity (Wildman–Crippen MR) is 84.3 cm³/mol. The fourth-order valence-electron chi connectivity index (χ4n) is 2.89. The van der Waals surface area contributed by atoms with E-state index in [-0.39, 0.29) is 18.1 Å². The van der Waals surface area contributed by atoms with Crippen LogP contribution in [0, 0.1) is 5.92 Å². The molecule has 3 rings (SSSR count). The Bertz CT molecular complexity index is 649. The van der Waals surface area contributed by atoms with Crippen molar-refractivity contribution in [2.24, 2.45) is 5.92 Å². The third-order valence-corrected chi connectivity index (χ3v) is 4.23. The molecule has 1 heterocycles. The number of aliphatic hydroxyl groups excluding tert-OH is 1. The minimum Gasteiger partial charge on any atom is -0.393 e. The van der Waals surface area contributed by atoms with Crippen molar-refractivity contribution in [2.75, 3.05) is 18.4 Å². The van der Waals surface area contributed by atoms with Crippen molar-refractivity contribution >= 4 is 22.5 Å². The van der Waals surface area contributed by atoms with Gasteiger partial charge in [-0.1, -0.05) is 36.4 Å². The minimum atomic E-state index is -0.361. The quantitative estimate of drug-likeness (QED) is 0.890. The number of nitrogens with zero attached hydrogens (tertiary/aromatic N) is 1. The molecule has 2 unspecified atom stereocenters. The van der Waals surface area contributed by atoms with Crippen molar-refractivity contribution < 1.29 is 9.90 Å². The summed E-state index contributed by atoms with van der Waals surface area (Å²) >= 11 is 0. The molecule has 1 saturated heterocycles. The number of aliphatic hydroxyl groups is 1. The second-order valence-corrected chi connectivity index (χ2v) is 5.69. The summed E-state index contributed by atoms with van der Waals surface area (Å²) < 4.78 is 0. The number of rotatable bonds is 2. The number of likely N-dealkylation sites (tertiary alicyclic amines) is 1. The summed E-state index contributed by atoms with van der Waals surface area (Å²) in [6.07, 6.45) is 0.501. The van der Waals surface area contributed by atoms with E-state index < -0.39 is 0 Å². The molecule has 0 aliphatic carbocycles. The van der Waals surface area contributed by atoms with Crippen molar-refractivity contribution in [3.8, 4) is 0 Å². The molecule has 0 radical (unpaired) electrons. The third-order valence-electron chi connectivity index (χ3n) is 4.23. The van der Waals surface area contributed by atoms with Crippen LogP contribution in [0.2, 0.25) is 0 Å². The number of benzene rings is 2. The fourth-order valence-corrected chi connectivity index (χ4v) is 2.89. The SMILES string of the molecule is CC(O)C1CCN(C(=O)Nc2cccc3ccccc23)C1. The van der Waals surface area contributed by atoms with Crippen LogP contribution in [0.3, 0.4) is 0 Å². The van der Waals surface area contributed by atoms with Gasteiger partial charge in [-0.15, -0.1) is 0 Å². The number of fused-ring (bicyclic) bond motifs is 1. The highest BCUT2D eigenvalue weighted by molar-refractivity contribution is 6.01. The van der Waals surface area contributed by atoms with Crippen LogP contribution in [-0.2, 0) is 0 Å². The van der Waals surface area contributed by atoms with E-state index in [9.17, 15) is 9.90 Å². The molecule has 0 aromatic heterocycles. The fraction of sp³-hybridized carbons (Fsp3) is 0.353. The lowest BCUT2D eigenvalue weighted by molar-refractivity contribution is 0.130. The molecule has 1 fully saturated rings. The Hall–Kier alpha value is -2.07. The van der Waals surface area contributed by atoms with Crippen molar-refractivity contribution in [3.05, 3.63) is 42.5 Å². The lowest BCUT2D eigenvalue weighted by Crippen LogP contribution is -2.34. The van der Waals surface area contributed by atoms with Crippen LogP contribution < -0.4 is 5.32 Å². The summed E-state index contributed by atoms with van der Waals surface area (Å²) in [6, 6.07) is 13.8. The smallest absolute Gasteiger partial charge is 0.321 e. The first-order chi connectivity index (χ1) is 10.1. The maximum absolute atomic E-state index is 12.4. The third kappa shape index (κ3) is 2.85. The Balaban J connectivity index is 1.75. The zero-order valence-electron chi connectivity index (χ0n) is 12.1. The van der Waals surface area contributed by atoms with Gasteiger partial charge < -0.3 is 15.3 Å².